The van der Waals surface area contributed by atoms with Gasteiger partial charge in [0, 0.05) is 6.07 Å². The largest absolute Gasteiger partial charge is 0.452 e. The van der Waals surface area contributed by atoms with E-state index in [1.54, 1.807) is 19.1 Å². The molecule has 2 bridgehead atoms. The summed E-state index contributed by atoms with van der Waals surface area (Å²) in [4.78, 5) is 51.8. The summed E-state index contributed by atoms with van der Waals surface area (Å²) in [5, 5.41) is 6.09. The first kappa shape index (κ1) is 20.2. The zero-order chi connectivity index (χ0) is 22.6. The number of benzene rings is 1. The Kier molecular flexibility index (Phi) is 4.69. The molecule has 2 aromatic rings. The molecular formula is C23H21N3O6. The molecule has 0 radical (unpaired) electrons. The van der Waals surface area contributed by atoms with Crippen molar-refractivity contribution in [3.8, 4) is 0 Å². The van der Waals surface area contributed by atoms with Crippen LogP contribution >= 0.6 is 0 Å². The SMILES string of the molecule is CC1=C[C@H]2C[C@H]1[C@H]1C(=O)N(c3cccc(C(=O)OCC(=O)Nc4cc(C)on4)c3)C(=O)[C@H]12. The molecule has 1 aliphatic heterocycles. The number of amides is 3. The lowest BCUT2D eigenvalue weighted by atomic mass is 9.82. The van der Waals surface area contributed by atoms with E-state index in [1.807, 2.05) is 6.92 Å². The third kappa shape index (κ3) is 3.21. The van der Waals surface area contributed by atoms with E-state index < -0.39 is 18.5 Å². The molecule has 3 amide bonds. The normalized spacial score (nSPS) is 25.7. The maximum absolute atomic E-state index is 13.1. The molecule has 1 saturated carbocycles. The van der Waals surface area contributed by atoms with Gasteiger partial charge in [-0.05, 0) is 50.3 Å². The van der Waals surface area contributed by atoms with Gasteiger partial charge in [0.05, 0.1) is 23.1 Å². The highest BCUT2D eigenvalue weighted by Crippen LogP contribution is 2.55. The van der Waals surface area contributed by atoms with Crippen molar-refractivity contribution in [2.75, 3.05) is 16.8 Å². The van der Waals surface area contributed by atoms with Gasteiger partial charge in [0.15, 0.2) is 12.4 Å². The lowest BCUT2D eigenvalue weighted by Crippen LogP contribution is -2.33. The van der Waals surface area contributed by atoms with Crippen LogP contribution in [0.4, 0.5) is 11.5 Å². The molecule has 164 valence electrons. The number of fused-ring (bicyclic) bond motifs is 5. The molecule has 2 fully saturated rings. The van der Waals surface area contributed by atoms with Crippen molar-refractivity contribution in [1.29, 1.82) is 0 Å². The molecule has 32 heavy (non-hydrogen) atoms. The molecule has 1 aromatic heterocycles. The van der Waals surface area contributed by atoms with Crippen LogP contribution in [0.2, 0.25) is 0 Å². The van der Waals surface area contributed by atoms with E-state index in [-0.39, 0.29) is 46.9 Å². The fraction of sp³-hybridized carbons (Fsp3) is 0.348. The summed E-state index contributed by atoms with van der Waals surface area (Å²) in [6.45, 7) is 3.17. The molecule has 1 aromatic carbocycles. The van der Waals surface area contributed by atoms with E-state index in [1.165, 1.54) is 28.7 Å². The van der Waals surface area contributed by atoms with Gasteiger partial charge in [0.2, 0.25) is 11.8 Å². The summed E-state index contributed by atoms with van der Waals surface area (Å²) in [6.07, 6.45) is 2.97. The number of aryl methyl sites for hydroxylation is 1. The van der Waals surface area contributed by atoms with Crippen LogP contribution < -0.4 is 10.2 Å². The molecule has 5 rings (SSSR count). The Morgan fingerprint density at radius 1 is 1.19 bits per heavy atom. The molecule has 0 spiro atoms. The third-order valence-corrected chi connectivity index (χ3v) is 6.45. The monoisotopic (exact) mass is 435 g/mol. The molecule has 1 saturated heterocycles. The molecule has 0 unspecified atom stereocenters. The molecular weight excluding hydrogens is 414 g/mol. The smallest absolute Gasteiger partial charge is 0.338 e. The van der Waals surface area contributed by atoms with E-state index in [9.17, 15) is 19.2 Å². The molecule has 9 nitrogen and oxygen atoms in total. The van der Waals surface area contributed by atoms with E-state index in [0.29, 0.717) is 11.4 Å². The van der Waals surface area contributed by atoms with Gasteiger partial charge in [-0.3, -0.25) is 14.4 Å². The zero-order valence-corrected chi connectivity index (χ0v) is 17.5. The van der Waals surface area contributed by atoms with Gasteiger partial charge in [-0.15, -0.1) is 0 Å². The molecule has 3 aliphatic rings. The lowest BCUT2D eigenvalue weighted by Gasteiger charge is -2.19. The highest BCUT2D eigenvalue weighted by atomic mass is 16.5. The average molecular weight is 435 g/mol. The first-order valence-electron chi connectivity index (χ1n) is 10.4. The van der Waals surface area contributed by atoms with Crippen molar-refractivity contribution in [3.63, 3.8) is 0 Å². The number of allylic oxidation sites excluding steroid dienone is 2. The van der Waals surface area contributed by atoms with Crippen LogP contribution in [-0.2, 0) is 19.1 Å². The van der Waals surface area contributed by atoms with Crippen LogP contribution in [0, 0.1) is 30.6 Å². The van der Waals surface area contributed by atoms with Gasteiger partial charge in [0.1, 0.15) is 5.76 Å². The van der Waals surface area contributed by atoms with Crippen molar-refractivity contribution in [2.24, 2.45) is 23.7 Å². The first-order valence-corrected chi connectivity index (χ1v) is 10.4. The van der Waals surface area contributed by atoms with Crippen LogP contribution in [0.25, 0.3) is 0 Å². The predicted octanol–water partition coefficient (Wildman–Crippen LogP) is 2.48. The highest BCUT2D eigenvalue weighted by Gasteiger charge is 2.60. The number of anilines is 2. The maximum Gasteiger partial charge on any atom is 0.338 e. The highest BCUT2D eigenvalue weighted by molar-refractivity contribution is 6.23. The van der Waals surface area contributed by atoms with Crippen molar-refractivity contribution in [2.45, 2.75) is 20.3 Å². The Hall–Kier alpha value is -3.75. The second-order valence-corrected chi connectivity index (χ2v) is 8.48. The average Bonchev–Trinajstić information content (AvgIpc) is 3.50. The number of carbonyl (C=O) groups is 4. The van der Waals surface area contributed by atoms with Gasteiger partial charge >= 0.3 is 5.97 Å². The Balaban J connectivity index is 1.27. The minimum Gasteiger partial charge on any atom is -0.452 e. The second-order valence-electron chi connectivity index (χ2n) is 8.48. The molecule has 9 heteroatoms. The van der Waals surface area contributed by atoms with Crippen LogP contribution in [0.15, 0.2) is 46.5 Å². The fourth-order valence-electron chi connectivity index (χ4n) is 5.12. The molecule has 1 N–H and O–H groups in total. The summed E-state index contributed by atoms with van der Waals surface area (Å²) < 4.78 is 9.92. The Morgan fingerprint density at radius 3 is 2.72 bits per heavy atom. The van der Waals surface area contributed by atoms with Crippen molar-refractivity contribution < 1.29 is 28.4 Å². The zero-order valence-electron chi connectivity index (χ0n) is 17.5. The van der Waals surface area contributed by atoms with Gasteiger partial charge in [0.25, 0.3) is 5.91 Å². The minimum atomic E-state index is -0.741. The number of nitrogens with zero attached hydrogens (tertiary/aromatic N) is 2. The van der Waals surface area contributed by atoms with Crippen LogP contribution in [0.5, 0.6) is 0 Å². The minimum absolute atomic E-state index is 0.103. The number of carbonyl (C=O) groups excluding carboxylic acids is 4. The number of esters is 1. The first-order chi connectivity index (χ1) is 15.3. The molecule has 4 atom stereocenters. The van der Waals surface area contributed by atoms with Gasteiger partial charge in [-0.1, -0.05) is 22.9 Å². The Morgan fingerprint density at radius 2 is 1.97 bits per heavy atom. The van der Waals surface area contributed by atoms with Crippen LogP contribution in [0.1, 0.15) is 29.5 Å². The summed E-state index contributed by atoms with van der Waals surface area (Å²) >= 11 is 0. The fourth-order valence-corrected chi connectivity index (χ4v) is 5.12. The second kappa shape index (κ2) is 7.44. The Bertz CT molecular complexity index is 1180. The lowest BCUT2D eigenvalue weighted by molar-refractivity contribution is -0.123. The van der Waals surface area contributed by atoms with Crippen LogP contribution in [-0.4, -0.2) is 35.5 Å². The van der Waals surface area contributed by atoms with Crippen LogP contribution in [0.3, 0.4) is 0 Å². The summed E-state index contributed by atoms with van der Waals surface area (Å²) in [5.41, 5.74) is 1.65. The van der Waals surface area contributed by atoms with E-state index in [4.69, 9.17) is 9.26 Å². The van der Waals surface area contributed by atoms with E-state index in [0.717, 1.165) is 6.42 Å². The van der Waals surface area contributed by atoms with E-state index >= 15 is 0 Å². The quantitative estimate of drug-likeness (QED) is 0.435. The number of hydrogen-bond acceptors (Lipinski definition) is 7. The topological polar surface area (TPSA) is 119 Å². The van der Waals surface area contributed by atoms with Crippen molar-refractivity contribution in [1.82, 2.24) is 5.16 Å². The summed E-state index contributed by atoms with van der Waals surface area (Å²) in [6, 6.07) is 7.68. The molecule has 2 aliphatic carbocycles. The number of ether oxygens (including phenoxy) is 1. The number of imide groups is 1. The summed E-state index contributed by atoms with van der Waals surface area (Å²) in [7, 11) is 0. The van der Waals surface area contributed by atoms with Gasteiger partial charge in [-0.2, -0.15) is 0 Å². The number of nitrogens with one attached hydrogen (secondary N) is 1. The van der Waals surface area contributed by atoms with Gasteiger partial charge < -0.3 is 14.6 Å². The number of rotatable bonds is 5. The predicted molar refractivity (Wildman–Crippen MR) is 111 cm³/mol. The number of hydrogen-bond donors (Lipinski definition) is 1. The van der Waals surface area contributed by atoms with Crippen molar-refractivity contribution >= 4 is 35.2 Å². The molecule has 2 heterocycles. The van der Waals surface area contributed by atoms with E-state index in [2.05, 4.69) is 16.5 Å². The standard InChI is InChI=1S/C23H21N3O6/c1-11-6-14-9-16(11)20-19(14)21(28)26(22(20)29)15-5-3-4-13(8-15)23(30)31-10-18(27)24-17-7-12(2)32-25-17/h3-8,14,16,19-20H,9-10H2,1-2H3,(H,24,25,27)/t14-,16+,19-,20+/m0/s1. The third-order valence-electron chi connectivity index (χ3n) is 6.45. The number of aromatic nitrogens is 1. The Labute approximate surface area is 183 Å². The summed E-state index contributed by atoms with van der Waals surface area (Å²) in [5.74, 6) is -1.42. The van der Waals surface area contributed by atoms with Crippen molar-refractivity contribution in [3.05, 3.63) is 53.3 Å². The van der Waals surface area contributed by atoms with Gasteiger partial charge in [-0.25, -0.2) is 9.69 Å². The maximum atomic E-state index is 13.1.